The minimum atomic E-state index is -0.653. The zero-order chi connectivity index (χ0) is 39.3. The molecule has 3 N–H and O–H groups in total. The van der Waals surface area contributed by atoms with E-state index in [0.717, 1.165) is 38.5 Å². The van der Waals surface area contributed by atoms with Gasteiger partial charge < -0.3 is 15.5 Å². The van der Waals surface area contributed by atoms with Crippen molar-refractivity contribution in [2.75, 3.05) is 6.61 Å². The lowest BCUT2D eigenvalue weighted by molar-refractivity contribution is -0.123. The predicted octanol–water partition coefficient (Wildman–Crippen LogP) is 15.4. The number of carbonyl (C=O) groups excluding carboxylic acids is 1. The third kappa shape index (κ3) is 41.8. The third-order valence-electron chi connectivity index (χ3n) is 11.2. The number of aliphatic hydroxyl groups is 2. The molecule has 0 rings (SSSR count). The first-order valence-corrected chi connectivity index (χ1v) is 24.2. The molecule has 0 saturated heterocycles. The number of hydrogen-bond donors (Lipinski definition) is 3. The zero-order valence-corrected chi connectivity index (χ0v) is 36.5. The largest absolute Gasteiger partial charge is 0.394 e. The fourth-order valence-corrected chi connectivity index (χ4v) is 7.43. The third-order valence-corrected chi connectivity index (χ3v) is 11.2. The average Bonchev–Trinajstić information content (AvgIpc) is 3.18. The topological polar surface area (TPSA) is 69.6 Å². The van der Waals surface area contributed by atoms with Crippen LogP contribution in [0.25, 0.3) is 0 Å². The van der Waals surface area contributed by atoms with Gasteiger partial charge in [0, 0.05) is 6.42 Å². The lowest BCUT2D eigenvalue weighted by atomic mass is 10.0. The van der Waals surface area contributed by atoms with E-state index in [1.165, 1.54) is 193 Å². The van der Waals surface area contributed by atoms with E-state index < -0.39 is 12.1 Å². The van der Waals surface area contributed by atoms with Gasteiger partial charge in [0.2, 0.25) is 5.91 Å². The summed E-state index contributed by atoms with van der Waals surface area (Å²) in [5.74, 6) is -0.0356. The Balaban J connectivity index is 3.32. The second-order valence-electron chi connectivity index (χ2n) is 16.5. The Kier molecular flexibility index (Phi) is 44.8. The van der Waals surface area contributed by atoms with E-state index in [1.54, 1.807) is 0 Å². The van der Waals surface area contributed by atoms with E-state index in [9.17, 15) is 15.0 Å². The minimum Gasteiger partial charge on any atom is -0.394 e. The molecule has 318 valence electrons. The van der Waals surface area contributed by atoms with Gasteiger partial charge in [-0.3, -0.25) is 4.79 Å². The Labute approximate surface area is 338 Å². The van der Waals surface area contributed by atoms with Crippen LogP contribution in [-0.4, -0.2) is 34.9 Å². The molecule has 2 atom stereocenters. The number of amides is 1. The normalized spacial score (nSPS) is 13.2. The van der Waals surface area contributed by atoms with Crippen LogP contribution >= 0.6 is 0 Å². The molecule has 0 saturated carbocycles. The van der Waals surface area contributed by atoms with Crippen molar-refractivity contribution in [2.45, 2.75) is 270 Å². The number of hydrogen-bond acceptors (Lipinski definition) is 3. The van der Waals surface area contributed by atoms with E-state index in [4.69, 9.17) is 0 Å². The molecule has 0 aromatic carbocycles. The van der Waals surface area contributed by atoms with Gasteiger partial charge in [0.05, 0.1) is 18.8 Å². The van der Waals surface area contributed by atoms with E-state index >= 15 is 0 Å². The standard InChI is InChI=1S/C50H95NO3/c1-3-5-7-9-10-11-12-13-14-15-16-17-18-19-20-21-22-23-24-25-26-27-28-29-30-31-32-33-34-35-36-37-38-39-40-42-44-46-50(54)51-48(47-52)49(53)45-43-41-8-6-4-2/h12-13,15-16,18-19,48-49,52-53H,3-11,14,17,20-47H2,1-2H3,(H,51,54)/b13-12-,16-15-,19-18-. The summed E-state index contributed by atoms with van der Waals surface area (Å²) in [5.41, 5.74) is 0. The van der Waals surface area contributed by atoms with Gasteiger partial charge in [0.25, 0.3) is 0 Å². The average molecular weight is 758 g/mol. The van der Waals surface area contributed by atoms with Gasteiger partial charge in [-0.15, -0.1) is 0 Å². The van der Waals surface area contributed by atoms with Crippen molar-refractivity contribution in [3.05, 3.63) is 36.5 Å². The minimum absolute atomic E-state index is 0.0356. The summed E-state index contributed by atoms with van der Waals surface area (Å²) >= 11 is 0. The number of rotatable bonds is 44. The molecule has 0 fully saturated rings. The summed E-state index contributed by atoms with van der Waals surface area (Å²) in [5, 5.41) is 22.8. The molecule has 0 radical (unpaired) electrons. The Morgan fingerprint density at radius 1 is 0.444 bits per heavy atom. The van der Waals surface area contributed by atoms with Crippen molar-refractivity contribution < 1.29 is 15.0 Å². The van der Waals surface area contributed by atoms with Crippen LogP contribution in [0.4, 0.5) is 0 Å². The van der Waals surface area contributed by atoms with Gasteiger partial charge >= 0.3 is 0 Å². The van der Waals surface area contributed by atoms with Gasteiger partial charge in [-0.05, 0) is 51.4 Å². The maximum Gasteiger partial charge on any atom is 0.220 e. The molecule has 0 spiro atoms. The molecular weight excluding hydrogens is 663 g/mol. The van der Waals surface area contributed by atoms with Gasteiger partial charge in [0.1, 0.15) is 0 Å². The van der Waals surface area contributed by atoms with Crippen molar-refractivity contribution in [3.8, 4) is 0 Å². The molecule has 0 aliphatic rings. The number of nitrogens with one attached hydrogen (secondary N) is 1. The molecule has 0 bridgehead atoms. The molecule has 4 heteroatoms. The van der Waals surface area contributed by atoms with E-state index in [0.29, 0.717) is 12.8 Å². The predicted molar refractivity (Wildman–Crippen MR) is 239 cm³/mol. The highest BCUT2D eigenvalue weighted by Gasteiger charge is 2.19. The molecule has 0 aromatic rings. The Hall–Kier alpha value is -1.39. The summed E-state index contributed by atoms with van der Waals surface area (Å²) in [6, 6.07) is -0.529. The van der Waals surface area contributed by atoms with Crippen molar-refractivity contribution in [1.29, 1.82) is 0 Å². The van der Waals surface area contributed by atoms with Crippen LogP contribution in [0.3, 0.4) is 0 Å². The van der Waals surface area contributed by atoms with Gasteiger partial charge in [0.15, 0.2) is 0 Å². The molecule has 0 aromatic heterocycles. The van der Waals surface area contributed by atoms with Gasteiger partial charge in [-0.1, -0.05) is 237 Å². The Bertz CT molecular complexity index is 821. The van der Waals surface area contributed by atoms with Crippen LogP contribution in [0.1, 0.15) is 258 Å². The smallest absolute Gasteiger partial charge is 0.220 e. The molecule has 2 unspecified atom stereocenters. The quantitative estimate of drug-likeness (QED) is 0.0428. The van der Waals surface area contributed by atoms with Crippen molar-refractivity contribution in [2.24, 2.45) is 0 Å². The van der Waals surface area contributed by atoms with Crippen LogP contribution in [0.15, 0.2) is 36.5 Å². The molecule has 0 aliphatic carbocycles. The molecule has 0 aliphatic heterocycles. The zero-order valence-electron chi connectivity index (χ0n) is 36.5. The van der Waals surface area contributed by atoms with Gasteiger partial charge in [-0.2, -0.15) is 0 Å². The number of allylic oxidation sites excluding steroid dienone is 6. The SMILES string of the molecule is CCCCCCC/C=C\C/C=C\C/C=C\CCCCCCCCCCCCCCCCCCCCCCCCC(=O)NC(CO)C(O)CCCCCCC. The maximum absolute atomic E-state index is 12.3. The summed E-state index contributed by atoms with van der Waals surface area (Å²) in [7, 11) is 0. The summed E-state index contributed by atoms with van der Waals surface area (Å²) < 4.78 is 0. The molecular formula is C50H95NO3. The second kappa shape index (κ2) is 46.0. The highest BCUT2D eigenvalue weighted by Crippen LogP contribution is 2.16. The van der Waals surface area contributed by atoms with E-state index in [2.05, 4.69) is 55.6 Å². The van der Waals surface area contributed by atoms with Crippen molar-refractivity contribution >= 4 is 5.91 Å². The van der Waals surface area contributed by atoms with Crippen LogP contribution in [-0.2, 0) is 4.79 Å². The fourth-order valence-electron chi connectivity index (χ4n) is 7.43. The maximum atomic E-state index is 12.3. The Morgan fingerprint density at radius 3 is 1.13 bits per heavy atom. The van der Waals surface area contributed by atoms with Crippen LogP contribution < -0.4 is 5.32 Å². The molecule has 1 amide bonds. The lowest BCUT2D eigenvalue weighted by Gasteiger charge is -2.22. The van der Waals surface area contributed by atoms with Gasteiger partial charge in [-0.25, -0.2) is 0 Å². The Morgan fingerprint density at radius 2 is 0.759 bits per heavy atom. The highest BCUT2D eigenvalue weighted by molar-refractivity contribution is 5.76. The van der Waals surface area contributed by atoms with E-state index in [1.807, 2.05) is 0 Å². The summed E-state index contributed by atoms with van der Waals surface area (Å²) in [6.07, 6.45) is 61.5. The number of aliphatic hydroxyl groups excluding tert-OH is 2. The second-order valence-corrected chi connectivity index (χ2v) is 16.5. The monoisotopic (exact) mass is 758 g/mol. The fraction of sp³-hybridized carbons (Fsp3) is 0.860. The summed E-state index contributed by atoms with van der Waals surface area (Å²) in [4.78, 5) is 12.3. The number of carbonyl (C=O) groups is 1. The van der Waals surface area contributed by atoms with Crippen molar-refractivity contribution in [3.63, 3.8) is 0 Å². The summed E-state index contributed by atoms with van der Waals surface area (Å²) in [6.45, 7) is 4.27. The highest BCUT2D eigenvalue weighted by atomic mass is 16.3. The molecule has 54 heavy (non-hydrogen) atoms. The van der Waals surface area contributed by atoms with Crippen molar-refractivity contribution in [1.82, 2.24) is 5.32 Å². The first kappa shape index (κ1) is 52.6. The first-order chi connectivity index (χ1) is 26.7. The lowest BCUT2D eigenvalue weighted by Crippen LogP contribution is -2.45. The van der Waals surface area contributed by atoms with Crippen LogP contribution in [0, 0.1) is 0 Å². The molecule has 4 nitrogen and oxygen atoms in total. The number of unbranched alkanes of at least 4 members (excludes halogenated alkanes) is 31. The van der Waals surface area contributed by atoms with E-state index in [-0.39, 0.29) is 12.5 Å². The molecule has 0 heterocycles. The van der Waals surface area contributed by atoms with Crippen LogP contribution in [0.5, 0.6) is 0 Å². The van der Waals surface area contributed by atoms with Crippen LogP contribution in [0.2, 0.25) is 0 Å². The first-order valence-electron chi connectivity index (χ1n) is 24.2.